The molecular formula is C19H17FN2O3. The first-order valence-corrected chi connectivity index (χ1v) is 7.89. The number of aromatic nitrogens is 2. The molecule has 3 rings (SSSR count). The molecule has 0 unspecified atom stereocenters. The molecule has 5 nitrogen and oxygen atoms in total. The Morgan fingerprint density at radius 2 is 1.68 bits per heavy atom. The lowest BCUT2D eigenvalue weighted by Crippen LogP contribution is -2.40. The Morgan fingerprint density at radius 1 is 0.960 bits per heavy atom. The van der Waals surface area contributed by atoms with Gasteiger partial charge in [-0.15, -0.1) is 0 Å². The van der Waals surface area contributed by atoms with E-state index in [0.717, 1.165) is 0 Å². The lowest BCUT2D eigenvalue weighted by atomic mass is 10.2. The summed E-state index contributed by atoms with van der Waals surface area (Å²) in [6.07, 6.45) is 2.96. The van der Waals surface area contributed by atoms with Gasteiger partial charge in [0.1, 0.15) is 11.6 Å². The minimum Gasteiger partial charge on any atom is -0.492 e. The van der Waals surface area contributed by atoms with Crippen LogP contribution in [0.1, 0.15) is 12.5 Å². The van der Waals surface area contributed by atoms with Crippen molar-refractivity contribution in [3.05, 3.63) is 93.0 Å². The first-order chi connectivity index (χ1) is 12.1. The van der Waals surface area contributed by atoms with Crippen LogP contribution in [0.25, 0.3) is 5.69 Å². The van der Waals surface area contributed by atoms with Gasteiger partial charge in [0.25, 0.3) is 0 Å². The molecule has 0 saturated heterocycles. The topological polar surface area (TPSA) is 53.2 Å². The third-order valence-electron chi connectivity index (χ3n) is 3.78. The van der Waals surface area contributed by atoms with Crippen molar-refractivity contribution in [2.24, 2.45) is 0 Å². The molecule has 0 aliphatic carbocycles. The van der Waals surface area contributed by atoms with Crippen molar-refractivity contribution in [1.29, 1.82) is 0 Å². The lowest BCUT2D eigenvalue weighted by molar-refractivity contribution is 0.339. The van der Waals surface area contributed by atoms with Gasteiger partial charge < -0.3 is 9.30 Å². The molecule has 6 heteroatoms. The van der Waals surface area contributed by atoms with Gasteiger partial charge in [-0.3, -0.25) is 14.2 Å². The van der Waals surface area contributed by atoms with Crippen molar-refractivity contribution in [3.8, 4) is 11.4 Å². The summed E-state index contributed by atoms with van der Waals surface area (Å²) in [5.41, 5.74) is -0.607. The van der Waals surface area contributed by atoms with Gasteiger partial charge in [0.2, 0.25) is 0 Å². The minimum absolute atomic E-state index is 0.00526. The normalized spacial score (nSPS) is 10.6. The fourth-order valence-corrected chi connectivity index (χ4v) is 2.57. The van der Waals surface area contributed by atoms with Gasteiger partial charge in [-0.2, -0.15) is 0 Å². The first-order valence-electron chi connectivity index (χ1n) is 7.89. The number of benzene rings is 2. The van der Waals surface area contributed by atoms with Crippen molar-refractivity contribution in [3.63, 3.8) is 0 Å². The van der Waals surface area contributed by atoms with Crippen molar-refractivity contribution in [1.82, 2.24) is 9.13 Å². The van der Waals surface area contributed by atoms with E-state index in [1.165, 1.54) is 27.6 Å². The van der Waals surface area contributed by atoms with E-state index in [1.54, 1.807) is 42.5 Å². The number of halogens is 1. The minimum atomic E-state index is -0.725. The summed E-state index contributed by atoms with van der Waals surface area (Å²) in [4.78, 5) is 24.9. The molecule has 0 amide bonds. The monoisotopic (exact) mass is 340 g/mol. The van der Waals surface area contributed by atoms with E-state index < -0.39 is 16.9 Å². The smallest absolute Gasteiger partial charge is 0.321 e. The summed E-state index contributed by atoms with van der Waals surface area (Å²) >= 11 is 0. The second kappa shape index (κ2) is 7.17. The number of para-hydroxylation sites is 2. The maximum atomic E-state index is 13.8. The Hall–Kier alpha value is -3.15. The van der Waals surface area contributed by atoms with Crippen LogP contribution in [-0.2, 0) is 6.54 Å². The number of rotatable bonds is 5. The van der Waals surface area contributed by atoms with Crippen LogP contribution in [0.5, 0.6) is 5.75 Å². The number of nitrogens with zero attached hydrogens (tertiary/aromatic N) is 2. The van der Waals surface area contributed by atoms with Crippen LogP contribution in [0.4, 0.5) is 4.39 Å². The summed E-state index contributed by atoms with van der Waals surface area (Å²) in [5, 5.41) is 0. The zero-order valence-corrected chi connectivity index (χ0v) is 13.7. The summed E-state index contributed by atoms with van der Waals surface area (Å²) in [6, 6.07) is 13.1. The SMILES string of the molecule is CCOc1ccccc1-n1ccn(Cc2ccccc2F)c(=O)c1=O. The standard InChI is InChI=1S/C19H17FN2O3/c1-2-25-17-10-6-5-9-16(17)22-12-11-21(18(23)19(22)24)13-14-7-3-4-8-15(14)20/h3-12H,2,13H2,1H3. The zero-order chi connectivity index (χ0) is 17.8. The Bertz CT molecular complexity index is 1010. The van der Waals surface area contributed by atoms with Crippen LogP contribution in [0.15, 0.2) is 70.5 Å². The number of hydrogen-bond acceptors (Lipinski definition) is 3. The second-order valence-electron chi connectivity index (χ2n) is 5.40. The summed E-state index contributed by atoms with van der Waals surface area (Å²) in [5.74, 6) is 0.0959. The molecule has 0 saturated carbocycles. The molecule has 3 aromatic rings. The summed E-state index contributed by atoms with van der Waals surface area (Å²) in [6.45, 7) is 2.27. The molecule has 0 atom stereocenters. The van der Waals surface area contributed by atoms with Gasteiger partial charge in [-0.25, -0.2) is 4.39 Å². The highest BCUT2D eigenvalue weighted by atomic mass is 19.1. The van der Waals surface area contributed by atoms with E-state index in [-0.39, 0.29) is 6.54 Å². The van der Waals surface area contributed by atoms with Crippen molar-refractivity contribution < 1.29 is 9.13 Å². The first kappa shape index (κ1) is 16.7. The molecule has 2 aromatic carbocycles. The molecule has 0 radical (unpaired) electrons. The highest BCUT2D eigenvalue weighted by Crippen LogP contribution is 2.20. The van der Waals surface area contributed by atoms with Gasteiger partial charge in [0, 0.05) is 18.0 Å². The molecule has 25 heavy (non-hydrogen) atoms. The van der Waals surface area contributed by atoms with Crippen molar-refractivity contribution in [2.45, 2.75) is 13.5 Å². The Morgan fingerprint density at radius 3 is 2.44 bits per heavy atom. The number of hydrogen-bond donors (Lipinski definition) is 0. The summed E-state index contributed by atoms with van der Waals surface area (Å²) < 4.78 is 21.7. The molecule has 0 spiro atoms. The van der Waals surface area contributed by atoms with E-state index in [1.807, 2.05) is 6.92 Å². The predicted octanol–water partition coefficient (Wildman–Crippen LogP) is 2.59. The quantitative estimate of drug-likeness (QED) is 0.671. The zero-order valence-electron chi connectivity index (χ0n) is 13.7. The van der Waals surface area contributed by atoms with E-state index in [9.17, 15) is 14.0 Å². The Balaban J connectivity index is 2.04. The van der Waals surface area contributed by atoms with Crippen LogP contribution in [0.2, 0.25) is 0 Å². The molecule has 0 N–H and O–H groups in total. The van der Waals surface area contributed by atoms with E-state index in [0.29, 0.717) is 23.6 Å². The van der Waals surface area contributed by atoms with Gasteiger partial charge >= 0.3 is 11.1 Å². The predicted molar refractivity (Wildman–Crippen MR) is 93.0 cm³/mol. The molecule has 1 heterocycles. The molecule has 0 aliphatic heterocycles. The van der Waals surface area contributed by atoms with Gasteiger partial charge in [-0.05, 0) is 25.1 Å². The molecule has 1 aromatic heterocycles. The van der Waals surface area contributed by atoms with Gasteiger partial charge in [0.05, 0.1) is 18.8 Å². The van der Waals surface area contributed by atoms with Gasteiger partial charge in [0.15, 0.2) is 0 Å². The third-order valence-corrected chi connectivity index (χ3v) is 3.78. The highest BCUT2D eigenvalue weighted by molar-refractivity contribution is 5.46. The largest absolute Gasteiger partial charge is 0.492 e. The Kier molecular flexibility index (Phi) is 4.79. The van der Waals surface area contributed by atoms with Crippen molar-refractivity contribution >= 4 is 0 Å². The average Bonchev–Trinajstić information content (AvgIpc) is 2.62. The molecular weight excluding hydrogens is 323 g/mol. The van der Waals surface area contributed by atoms with Crippen LogP contribution in [0.3, 0.4) is 0 Å². The maximum Gasteiger partial charge on any atom is 0.321 e. The van der Waals surface area contributed by atoms with Crippen molar-refractivity contribution in [2.75, 3.05) is 6.61 Å². The van der Waals surface area contributed by atoms with Crippen LogP contribution in [0, 0.1) is 5.82 Å². The molecule has 0 fully saturated rings. The second-order valence-corrected chi connectivity index (χ2v) is 5.40. The average molecular weight is 340 g/mol. The fourth-order valence-electron chi connectivity index (χ4n) is 2.57. The van der Waals surface area contributed by atoms with Gasteiger partial charge in [-0.1, -0.05) is 30.3 Å². The van der Waals surface area contributed by atoms with E-state index in [4.69, 9.17) is 4.74 Å². The van der Waals surface area contributed by atoms with E-state index >= 15 is 0 Å². The highest BCUT2D eigenvalue weighted by Gasteiger charge is 2.12. The molecule has 0 bridgehead atoms. The van der Waals surface area contributed by atoms with Crippen LogP contribution >= 0.6 is 0 Å². The van der Waals surface area contributed by atoms with Crippen LogP contribution in [-0.4, -0.2) is 15.7 Å². The fraction of sp³-hybridized carbons (Fsp3) is 0.158. The van der Waals surface area contributed by atoms with E-state index in [2.05, 4.69) is 0 Å². The third kappa shape index (κ3) is 3.38. The molecule has 0 aliphatic rings. The molecule has 128 valence electrons. The summed E-state index contributed by atoms with van der Waals surface area (Å²) in [7, 11) is 0. The number of ether oxygens (including phenoxy) is 1. The lowest BCUT2D eigenvalue weighted by Gasteiger charge is -2.13. The van der Waals surface area contributed by atoms with Crippen LogP contribution < -0.4 is 15.9 Å². The Labute approximate surface area is 143 Å². The maximum absolute atomic E-state index is 13.8.